The predicted molar refractivity (Wildman–Crippen MR) is 77.4 cm³/mol. The Morgan fingerprint density at radius 3 is 2.32 bits per heavy atom. The van der Waals surface area contributed by atoms with E-state index in [1.165, 1.54) is 0 Å². The van der Waals surface area contributed by atoms with E-state index in [-0.39, 0.29) is 5.69 Å². The Morgan fingerprint density at radius 1 is 1.11 bits per heavy atom. The van der Waals surface area contributed by atoms with Gasteiger partial charge in [0.05, 0.1) is 4.92 Å². The van der Waals surface area contributed by atoms with Crippen LogP contribution in [0.5, 0.6) is 0 Å². The summed E-state index contributed by atoms with van der Waals surface area (Å²) in [5.41, 5.74) is 1.64. The monoisotopic (exact) mass is 277 g/mol. The van der Waals surface area contributed by atoms with Gasteiger partial charge in [-0.3, -0.25) is 10.1 Å². The zero-order valence-electron chi connectivity index (χ0n) is 10.2. The van der Waals surface area contributed by atoms with Gasteiger partial charge in [0, 0.05) is 17.8 Å². The Labute approximate surface area is 115 Å². The highest BCUT2D eigenvalue weighted by Gasteiger charge is 2.18. The zero-order valence-corrected chi connectivity index (χ0v) is 10.9. The van der Waals surface area contributed by atoms with E-state index < -0.39 is 4.92 Å². The van der Waals surface area contributed by atoms with Crippen molar-refractivity contribution in [3.05, 3.63) is 57.6 Å². The molecule has 0 aliphatic carbocycles. The Morgan fingerprint density at radius 2 is 1.74 bits per heavy atom. The van der Waals surface area contributed by atoms with Gasteiger partial charge in [-0.15, -0.1) is 0 Å². The number of nitrogens with zero attached hydrogens (tertiary/aromatic N) is 1. The fraction of sp³-hybridized carbons (Fsp3) is 0.0769. The molecule has 0 atom stereocenters. The van der Waals surface area contributed by atoms with Crippen molar-refractivity contribution in [3.63, 3.8) is 0 Å². The lowest BCUT2D eigenvalue weighted by Crippen LogP contribution is -2.01. The number of benzene rings is 2. The molecule has 0 saturated carbocycles. The third-order valence-corrected chi connectivity index (χ3v) is 2.86. The third kappa shape index (κ3) is 2.95. The van der Waals surface area contributed by atoms with E-state index in [2.05, 4.69) is 10.6 Å². The van der Waals surface area contributed by atoms with Crippen molar-refractivity contribution in [3.8, 4) is 0 Å². The highest BCUT2D eigenvalue weighted by atomic mass is 35.5. The number of nitro groups is 1. The number of halogens is 1. The molecule has 0 saturated heterocycles. The van der Waals surface area contributed by atoms with Crippen LogP contribution in [0.4, 0.5) is 22.7 Å². The van der Waals surface area contributed by atoms with Gasteiger partial charge in [-0.05, 0) is 36.4 Å². The molecule has 2 aromatic carbocycles. The smallest absolute Gasteiger partial charge is 0.315 e. The third-order valence-electron chi connectivity index (χ3n) is 2.61. The Balaban J connectivity index is 2.39. The number of rotatable bonds is 4. The van der Waals surface area contributed by atoms with Gasteiger partial charge in [-0.1, -0.05) is 17.7 Å². The minimum atomic E-state index is -0.413. The first-order valence-corrected chi connectivity index (χ1v) is 5.97. The average molecular weight is 278 g/mol. The van der Waals surface area contributed by atoms with E-state index in [0.29, 0.717) is 16.4 Å². The van der Waals surface area contributed by atoms with Crippen molar-refractivity contribution in [1.29, 1.82) is 0 Å². The summed E-state index contributed by atoms with van der Waals surface area (Å²) in [5.74, 6) is 0. The van der Waals surface area contributed by atoms with Gasteiger partial charge in [0.25, 0.3) is 0 Å². The molecule has 0 aliphatic rings. The summed E-state index contributed by atoms with van der Waals surface area (Å²) in [4.78, 5) is 10.7. The van der Waals surface area contributed by atoms with Crippen LogP contribution in [0.1, 0.15) is 0 Å². The normalized spacial score (nSPS) is 10.0. The fourth-order valence-corrected chi connectivity index (χ4v) is 1.86. The molecule has 0 spiro atoms. The van der Waals surface area contributed by atoms with E-state index in [0.717, 1.165) is 5.69 Å². The Bertz CT molecular complexity index is 599. The maximum absolute atomic E-state index is 11.2. The molecule has 2 N–H and O–H groups in total. The Kier molecular flexibility index (Phi) is 3.87. The summed E-state index contributed by atoms with van der Waals surface area (Å²) in [6, 6.07) is 12.0. The molecule has 0 heterocycles. The second kappa shape index (κ2) is 5.58. The van der Waals surface area contributed by atoms with Gasteiger partial charge < -0.3 is 10.6 Å². The number of anilines is 3. The van der Waals surface area contributed by atoms with E-state index in [9.17, 15) is 10.1 Å². The molecule has 0 aliphatic heterocycles. The quantitative estimate of drug-likeness (QED) is 0.654. The number of hydrogen-bond donors (Lipinski definition) is 2. The van der Waals surface area contributed by atoms with Crippen LogP contribution in [-0.4, -0.2) is 12.0 Å². The minimum absolute atomic E-state index is 0.0138. The molecule has 0 radical (unpaired) electrons. The fourth-order valence-electron chi connectivity index (χ4n) is 1.73. The van der Waals surface area contributed by atoms with Crippen LogP contribution in [0.15, 0.2) is 42.5 Å². The summed E-state index contributed by atoms with van der Waals surface area (Å²) in [6.07, 6.45) is 0. The first kappa shape index (κ1) is 13.2. The van der Waals surface area contributed by atoms with Crippen LogP contribution in [-0.2, 0) is 0 Å². The molecular formula is C13H12ClN3O2. The molecule has 0 bridgehead atoms. The summed E-state index contributed by atoms with van der Waals surface area (Å²) in [6.45, 7) is 0. The van der Waals surface area contributed by atoms with E-state index >= 15 is 0 Å². The van der Waals surface area contributed by atoms with Crippen molar-refractivity contribution < 1.29 is 4.92 Å². The molecule has 19 heavy (non-hydrogen) atoms. The summed E-state index contributed by atoms with van der Waals surface area (Å²) >= 11 is 5.80. The molecule has 2 aromatic rings. The highest BCUT2D eigenvalue weighted by molar-refractivity contribution is 6.30. The number of hydrogen-bond acceptors (Lipinski definition) is 4. The zero-order chi connectivity index (χ0) is 13.8. The number of para-hydroxylation sites is 1. The minimum Gasteiger partial charge on any atom is -0.382 e. The summed E-state index contributed by atoms with van der Waals surface area (Å²) in [5, 5.41) is 17.6. The van der Waals surface area contributed by atoms with Gasteiger partial charge in [0.15, 0.2) is 0 Å². The lowest BCUT2D eigenvalue weighted by Gasteiger charge is -2.10. The predicted octanol–water partition coefficient (Wildman–Crippen LogP) is 4.03. The number of nitro benzene ring substituents is 1. The van der Waals surface area contributed by atoms with Crippen LogP contribution in [0.25, 0.3) is 0 Å². The molecular weight excluding hydrogens is 266 g/mol. The van der Waals surface area contributed by atoms with Crippen molar-refractivity contribution >= 4 is 34.4 Å². The lowest BCUT2D eigenvalue weighted by molar-refractivity contribution is -0.383. The van der Waals surface area contributed by atoms with E-state index in [1.807, 2.05) is 0 Å². The van der Waals surface area contributed by atoms with Gasteiger partial charge in [-0.2, -0.15) is 0 Å². The lowest BCUT2D eigenvalue weighted by atomic mass is 10.2. The summed E-state index contributed by atoms with van der Waals surface area (Å²) in [7, 11) is 1.65. The standard InChI is InChI=1S/C13H12ClN3O2/c1-15-11-3-2-4-12(13(11)17(18)19)16-10-7-5-9(14)6-8-10/h2-8,15-16H,1H3. The molecule has 6 heteroatoms. The van der Waals surface area contributed by atoms with Gasteiger partial charge in [-0.25, -0.2) is 0 Å². The highest BCUT2D eigenvalue weighted by Crippen LogP contribution is 2.34. The molecule has 0 fully saturated rings. The van der Waals surface area contributed by atoms with Crippen molar-refractivity contribution in [2.24, 2.45) is 0 Å². The largest absolute Gasteiger partial charge is 0.382 e. The van der Waals surface area contributed by atoms with Crippen molar-refractivity contribution in [2.45, 2.75) is 0 Å². The van der Waals surface area contributed by atoms with Crippen molar-refractivity contribution in [1.82, 2.24) is 0 Å². The van der Waals surface area contributed by atoms with E-state index in [1.54, 1.807) is 49.5 Å². The van der Waals surface area contributed by atoms with Gasteiger partial charge in [0.1, 0.15) is 11.4 Å². The molecule has 2 rings (SSSR count). The molecule has 5 nitrogen and oxygen atoms in total. The summed E-state index contributed by atoms with van der Waals surface area (Å²) < 4.78 is 0. The molecule has 98 valence electrons. The van der Waals surface area contributed by atoms with E-state index in [4.69, 9.17) is 11.6 Å². The maximum Gasteiger partial charge on any atom is 0.315 e. The van der Waals surface area contributed by atoms with Crippen LogP contribution in [0, 0.1) is 10.1 Å². The molecule has 0 unspecified atom stereocenters. The second-order valence-electron chi connectivity index (χ2n) is 3.84. The maximum atomic E-state index is 11.2. The topological polar surface area (TPSA) is 67.2 Å². The molecule has 0 aromatic heterocycles. The van der Waals surface area contributed by atoms with Crippen molar-refractivity contribution in [2.75, 3.05) is 17.7 Å². The second-order valence-corrected chi connectivity index (χ2v) is 4.28. The number of nitrogens with one attached hydrogen (secondary N) is 2. The van der Waals surface area contributed by atoms with Crippen LogP contribution >= 0.6 is 11.6 Å². The first-order chi connectivity index (χ1) is 9.11. The Hall–Kier alpha value is -2.27. The molecule has 0 amide bonds. The average Bonchev–Trinajstić information content (AvgIpc) is 2.40. The van der Waals surface area contributed by atoms with Crippen LogP contribution in [0.3, 0.4) is 0 Å². The SMILES string of the molecule is CNc1cccc(Nc2ccc(Cl)cc2)c1[N+](=O)[O-]. The van der Waals surface area contributed by atoms with Crippen LogP contribution in [0.2, 0.25) is 5.02 Å². The van der Waals surface area contributed by atoms with Gasteiger partial charge in [0.2, 0.25) is 0 Å². The first-order valence-electron chi connectivity index (χ1n) is 5.59. The van der Waals surface area contributed by atoms with Crippen LogP contribution < -0.4 is 10.6 Å². The van der Waals surface area contributed by atoms with Gasteiger partial charge >= 0.3 is 5.69 Å².